The van der Waals surface area contributed by atoms with Gasteiger partial charge in [0.05, 0.1) is 11.7 Å². The maximum atomic E-state index is 10.2. The molecule has 0 bridgehead atoms. The van der Waals surface area contributed by atoms with Gasteiger partial charge in [-0.3, -0.25) is 0 Å². The second-order valence-corrected chi connectivity index (χ2v) is 5.12. The molecular weight excluding hydrogens is 194 g/mol. The van der Waals surface area contributed by atoms with Crippen molar-refractivity contribution in [3.8, 4) is 0 Å². The third kappa shape index (κ3) is 3.14. The van der Waals surface area contributed by atoms with E-state index in [9.17, 15) is 10.2 Å². The van der Waals surface area contributed by atoms with Crippen LogP contribution in [0.4, 0.5) is 0 Å². The predicted molar refractivity (Wildman–Crippen MR) is 58.7 cm³/mol. The lowest BCUT2D eigenvalue weighted by molar-refractivity contribution is -0.0349. The Morgan fingerprint density at radius 2 is 2.20 bits per heavy atom. The molecule has 0 saturated carbocycles. The van der Waals surface area contributed by atoms with E-state index >= 15 is 0 Å². The fourth-order valence-electron chi connectivity index (χ4n) is 1.58. The number of rotatable bonds is 4. The lowest BCUT2D eigenvalue weighted by atomic mass is 9.94. The van der Waals surface area contributed by atoms with Crippen molar-refractivity contribution < 1.29 is 14.9 Å². The lowest BCUT2D eigenvalue weighted by Crippen LogP contribution is -2.53. The smallest absolute Gasteiger partial charge is 0.105 e. The zero-order chi connectivity index (χ0) is 11.7. The number of hydrogen-bond acceptors (Lipinski definition) is 4. The molecule has 0 aromatic heterocycles. The van der Waals surface area contributed by atoms with Crippen molar-refractivity contribution in [2.45, 2.75) is 57.5 Å². The summed E-state index contributed by atoms with van der Waals surface area (Å²) in [5, 5.41) is 23.1. The summed E-state index contributed by atoms with van der Waals surface area (Å²) in [5.41, 5.74) is -1.57. The van der Waals surface area contributed by atoms with E-state index in [1.807, 2.05) is 13.8 Å². The van der Waals surface area contributed by atoms with E-state index in [2.05, 4.69) is 5.32 Å². The van der Waals surface area contributed by atoms with Gasteiger partial charge in [0.1, 0.15) is 5.60 Å². The summed E-state index contributed by atoms with van der Waals surface area (Å²) < 4.78 is 5.33. The van der Waals surface area contributed by atoms with E-state index in [4.69, 9.17) is 4.74 Å². The number of aliphatic hydroxyl groups is 2. The number of nitrogens with one attached hydrogen (secondary N) is 1. The largest absolute Gasteiger partial charge is 0.389 e. The minimum absolute atomic E-state index is 0.0608. The molecule has 1 heterocycles. The zero-order valence-corrected chi connectivity index (χ0v) is 10.1. The van der Waals surface area contributed by atoms with E-state index in [1.165, 1.54) is 0 Å². The van der Waals surface area contributed by atoms with Gasteiger partial charge in [0, 0.05) is 25.6 Å². The number of ether oxygens (including phenoxy) is 1. The summed E-state index contributed by atoms with van der Waals surface area (Å²) in [6.07, 6.45) is 0.513. The number of hydrogen-bond donors (Lipinski definition) is 3. The third-order valence-electron chi connectivity index (χ3n) is 3.43. The summed E-state index contributed by atoms with van der Waals surface area (Å²) in [4.78, 5) is 0. The van der Waals surface area contributed by atoms with Crippen molar-refractivity contribution in [2.24, 2.45) is 0 Å². The highest BCUT2D eigenvalue weighted by molar-refractivity contribution is 4.93. The van der Waals surface area contributed by atoms with Crippen LogP contribution in [0.25, 0.3) is 0 Å². The maximum absolute atomic E-state index is 10.2. The molecule has 1 aliphatic heterocycles. The highest BCUT2D eigenvalue weighted by Crippen LogP contribution is 2.25. The molecule has 0 amide bonds. The van der Waals surface area contributed by atoms with Gasteiger partial charge in [0.15, 0.2) is 0 Å². The topological polar surface area (TPSA) is 61.7 Å². The van der Waals surface area contributed by atoms with E-state index in [0.717, 1.165) is 0 Å². The van der Waals surface area contributed by atoms with Crippen molar-refractivity contribution in [2.75, 3.05) is 13.2 Å². The van der Waals surface area contributed by atoms with Gasteiger partial charge in [-0.1, -0.05) is 0 Å². The van der Waals surface area contributed by atoms with E-state index in [1.54, 1.807) is 13.8 Å². The van der Waals surface area contributed by atoms with Crippen LogP contribution in [0.5, 0.6) is 0 Å². The van der Waals surface area contributed by atoms with Gasteiger partial charge in [-0.15, -0.1) is 0 Å². The van der Waals surface area contributed by atoms with Crippen molar-refractivity contribution in [1.82, 2.24) is 5.32 Å². The highest BCUT2D eigenvalue weighted by atomic mass is 16.5. The van der Waals surface area contributed by atoms with Crippen LogP contribution in [0.1, 0.15) is 34.1 Å². The quantitative estimate of drug-likeness (QED) is 0.633. The van der Waals surface area contributed by atoms with Crippen LogP contribution in [-0.4, -0.2) is 46.7 Å². The fraction of sp³-hybridized carbons (Fsp3) is 1.00. The average Bonchev–Trinajstić information content (AvgIpc) is 2.42. The summed E-state index contributed by atoms with van der Waals surface area (Å²) in [6.45, 7) is 8.36. The second-order valence-electron chi connectivity index (χ2n) is 5.12. The molecule has 4 nitrogen and oxygen atoms in total. The SMILES string of the molecule is CC(NCC1(O)CCOC1C)C(C)(C)O. The highest BCUT2D eigenvalue weighted by Gasteiger charge is 2.40. The molecule has 4 heteroatoms. The van der Waals surface area contributed by atoms with Crippen molar-refractivity contribution >= 4 is 0 Å². The van der Waals surface area contributed by atoms with Gasteiger partial charge < -0.3 is 20.3 Å². The van der Waals surface area contributed by atoms with Crippen LogP contribution in [0, 0.1) is 0 Å². The Bertz CT molecular complexity index is 214. The normalized spacial score (nSPS) is 34.4. The first-order chi connectivity index (χ1) is 6.76. The third-order valence-corrected chi connectivity index (χ3v) is 3.43. The van der Waals surface area contributed by atoms with Gasteiger partial charge >= 0.3 is 0 Å². The first kappa shape index (κ1) is 12.9. The van der Waals surface area contributed by atoms with E-state index < -0.39 is 11.2 Å². The Morgan fingerprint density at radius 1 is 1.60 bits per heavy atom. The van der Waals surface area contributed by atoms with Crippen LogP contribution >= 0.6 is 0 Å². The van der Waals surface area contributed by atoms with Crippen LogP contribution in [0.15, 0.2) is 0 Å². The minimum Gasteiger partial charge on any atom is -0.389 e. The minimum atomic E-state index is -0.792. The van der Waals surface area contributed by atoms with Crippen molar-refractivity contribution in [1.29, 1.82) is 0 Å². The summed E-state index contributed by atoms with van der Waals surface area (Å²) in [7, 11) is 0. The van der Waals surface area contributed by atoms with Gasteiger partial charge in [-0.2, -0.15) is 0 Å². The van der Waals surface area contributed by atoms with Crippen LogP contribution in [0.2, 0.25) is 0 Å². The molecule has 90 valence electrons. The maximum Gasteiger partial charge on any atom is 0.105 e. The Labute approximate surface area is 91.6 Å². The first-order valence-corrected chi connectivity index (χ1v) is 5.55. The molecule has 1 aliphatic rings. The fourth-order valence-corrected chi connectivity index (χ4v) is 1.58. The molecule has 0 spiro atoms. The standard InChI is InChI=1S/C11H23NO3/c1-8(10(3,4)13)12-7-11(14)5-6-15-9(11)2/h8-9,12-14H,5-7H2,1-4H3. The molecule has 15 heavy (non-hydrogen) atoms. The van der Waals surface area contributed by atoms with Gasteiger partial charge in [0.2, 0.25) is 0 Å². The molecule has 0 aliphatic carbocycles. The zero-order valence-electron chi connectivity index (χ0n) is 10.1. The van der Waals surface area contributed by atoms with Crippen molar-refractivity contribution in [3.05, 3.63) is 0 Å². The molecule has 3 N–H and O–H groups in total. The molecule has 0 aromatic rings. The van der Waals surface area contributed by atoms with E-state index in [0.29, 0.717) is 19.6 Å². The summed E-state index contributed by atoms with van der Waals surface area (Å²) in [5.74, 6) is 0. The molecule has 1 fully saturated rings. The molecule has 3 unspecified atom stereocenters. The second kappa shape index (κ2) is 4.37. The Balaban J connectivity index is 2.43. The molecule has 0 aromatic carbocycles. The molecule has 3 atom stereocenters. The van der Waals surface area contributed by atoms with Gasteiger partial charge in [-0.25, -0.2) is 0 Å². The van der Waals surface area contributed by atoms with Crippen LogP contribution in [-0.2, 0) is 4.74 Å². The van der Waals surface area contributed by atoms with Crippen molar-refractivity contribution in [3.63, 3.8) is 0 Å². The summed E-state index contributed by atoms with van der Waals surface area (Å²) in [6, 6.07) is -0.0608. The van der Waals surface area contributed by atoms with Gasteiger partial charge in [-0.05, 0) is 27.7 Å². The first-order valence-electron chi connectivity index (χ1n) is 5.55. The lowest BCUT2D eigenvalue weighted by Gasteiger charge is -2.32. The molecular formula is C11H23NO3. The Kier molecular flexibility index (Phi) is 3.76. The Morgan fingerprint density at radius 3 is 2.60 bits per heavy atom. The molecule has 1 saturated heterocycles. The average molecular weight is 217 g/mol. The predicted octanol–water partition coefficient (Wildman–Crippen LogP) is 0.275. The van der Waals surface area contributed by atoms with Crippen LogP contribution < -0.4 is 5.32 Å². The Hall–Kier alpha value is -0.160. The van der Waals surface area contributed by atoms with Crippen LogP contribution in [0.3, 0.4) is 0 Å². The molecule has 0 radical (unpaired) electrons. The van der Waals surface area contributed by atoms with Gasteiger partial charge in [0.25, 0.3) is 0 Å². The summed E-state index contributed by atoms with van der Waals surface area (Å²) >= 11 is 0. The van der Waals surface area contributed by atoms with E-state index in [-0.39, 0.29) is 12.1 Å². The molecule has 1 rings (SSSR count). The monoisotopic (exact) mass is 217 g/mol.